The third kappa shape index (κ3) is 6.25. The zero-order valence-electron chi connectivity index (χ0n) is 19.5. The molecule has 0 radical (unpaired) electrons. The Morgan fingerprint density at radius 2 is 1.78 bits per heavy atom. The van der Waals surface area contributed by atoms with Gasteiger partial charge in [0.15, 0.2) is 11.5 Å². The molecule has 0 unspecified atom stereocenters. The van der Waals surface area contributed by atoms with Crippen molar-refractivity contribution in [3.8, 4) is 11.5 Å². The van der Waals surface area contributed by atoms with Crippen molar-refractivity contribution in [3.05, 3.63) is 102 Å². The van der Waals surface area contributed by atoms with Crippen LogP contribution in [0.25, 0.3) is 6.08 Å². The van der Waals surface area contributed by atoms with Gasteiger partial charge in [0.25, 0.3) is 16.8 Å². The first-order chi connectivity index (χ1) is 17.8. The summed E-state index contributed by atoms with van der Waals surface area (Å²) in [5.74, 6) is 0.180. The van der Waals surface area contributed by atoms with Crippen molar-refractivity contribution in [1.82, 2.24) is 4.90 Å². The van der Waals surface area contributed by atoms with E-state index in [1.54, 1.807) is 30.3 Å². The Morgan fingerprint density at radius 3 is 2.49 bits per heavy atom. The zero-order chi connectivity index (χ0) is 26.5. The monoisotopic (exact) mass is 558 g/mol. The minimum absolute atomic E-state index is 0.159. The van der Waals surface area contributed by atoms with E-state index in [0.29, 0.717) is 28.7 Å². The molecule has 11 heteroatoms. The van der Waals surface area contributed by atoms with Crippen LogP contribution in [0, 0.1) is 10.1 Å². The minimum Gasteiger partial charge on any atom is -0.490 e. The predicted octanol–water partition coefficient (Wildman–Crippen LogP) is 7.12. The number of hydrogen-bond acceptors (Lipinski definition) is 7. The molecular formula is C26H20Cl2N2O6S. The van der Waals surface area contributed by atoms with E-state index in [2.05, 4.69) is 0 Å². The van der Waals surface area contributed by atoms with Gasteiger partial charge in [-0.05, 0) is 60.2 Å². The molecule has 1 heterocycles. The van der Waals surface area contributed by atoms with Crippen molar-refractivity contribution in [3.63, 3.8) is 0 Å². The summed E-state index contributed by atoms with van der Waals surface area (Å²) in [6.07, 6.45) is 1.53. The fourth-order valence-corrected chi connectivity index (χ4v) is 4.83. The van der Waals surface area contributed by atoms with Crippen molar-refractivity contribution in [2.24, 2.45) is 0 Å². The van der Waals surface area contributed by atoms with E-state index in [4.69, 9.17) is 32.7 Å². The molecule has 1 aliphatic heterocycles. The average molecular weight is 559 g/mol. The summed E-state index contributed by atoms with van der Waals surface area (Å²) in [4.78, 5) is 37.5. The molecule has 2 amide bonds. The Kier molecular flexibility index (Phi) is 8.38. The second-order valence-electron chi connectivity index (χ2n) is 7.83. The van der Waals surface area contributed by atoms with Gasteiger partial charge in [0.05, 0.1) is 28.0 Å². The summed E-state index contributed by atoms with van der Waals surface area (Å²) < 4.78 is 11.6. The number of thioether (sulfide) groups is 1. The van der Waals surface area contributed by atoms with Crippen LogP contribution in [-0.2, 0) is 17.9 Å². The van der Waals surface area contributed by atoms with Crippen LogP contribution in [0.5, 0.6) is 11.5 Å². The molecule has 3 aromatic rings. The quantitative estimate of drug-likeness (QED) is 0.156. The summed E-state index contributed by atoms with van der Waals surface area (Å²) in [5, 5.41) is 11.7. The molecule has 0 aromatic heterocycles. The Bertz CT molecular complexity index is 1390. The van der Waals surface area contributed by atoms with Gasteiger partial charge in [0, 0.05) is 16.7 Å². The molecule has 1 aliphatic rings. The fraction of sp³-hybridized carbons (Fsp3) is 0.154. The van der Waals surface area contributed by atoms with Crippen molar-refractivity contribution in [1.29, 1.82) is 0 Å². The zero-order valence-corrected chi connectivity index (χ0v) is 21.8. The highest BCUT2D eigenvalue weighted by atomic mass is 35.5. The smallest absolute Gasteiger partial charge is 0.293 e. The molecule has 4 rings (SSSR count). The first-order valence-electron chi connectivity index (χ1n) is 11.1. The number of imide groups is 1. The van der Waals surface area contributed by atoms with Crippen LogP contribution in [-0.4, -0.2) is 27.6 Å². The van der Waals surface area contributed by atoms with Crippen LogP contribution in [0.3, 0.4) is 0 Å². The summed E-state index contributed by atoms with van der Waals surface area (Å²) in [7, 11) is 0. The third-order valence-corrected chi connectivity index (χ3v) is 6.76. The molecule has 0 aliphatic carbocycles. The van der Waals surface area contributed by atoms with Crippen LogP contribution >= 0.6 is 35.0 Å². The van der Waals surface area contributed by atoms with E-state index in [1.165, 1.54) is 24.3 Å². The number of nitro groups is 1. The van der Waals surface area contributed by atoms with Gasteiger partial charge in [-0.3, -0.25) is 24.6 Å². The van der Waals surface area contributed by atoms with Gasteiger partial charge in [-0.25, -0.2) is 0 Å². The molecule has 3 aromatic carbocycles. The first-order valence-corrected chi connectivity index (χ1v) is 12.6. The van der Waals surface area contributed by atoms with Crippen LogP contribution in [0.4, 0.5) is 10.5 Å². The SMILES string of the molecule is CCOc1cc(/C=C2\SC(=O)N(Cc3ccccc3[N+](=O)[O-])C2=O)cc(Cl)c1OCc1ccc(Cl)cc1. The number of halogens is 2. The van der Waals surface area contributed by atoms with Crippen LogP contribution in [0.15, 0.2) is 65.6 Å². The standard InChI is InChI=1S/C26H20Cl2N2O6S/c1-2-35-22-12-17(11-20(28)24(22)36-15-16-7-9-19(27)10-8-16)13-23-25(31)29(26(32)37-23)14-18-5-3-4-6-21(18)30(33)34/h3-13H,2,14-15H2,1H3/b23-13-. The lowest BCUT2D eigenvalue weighted by molar-refractivity contribution is -0.385. The second kappa shape index (κ2) is 11.7. The number of nitrogens with zero attached hydrogens (tertiary/aromatic N) is 2. The number of hydrogen-bond donors (Lipinski definition) is 0. The number of carbonyl (C=O) groups excluding carboxylic acids is 2. The number of benzene rings is 3. The predicted molar refractivity (Wildman–Crippen MR) is 143 cm³/mol. The number of rotatable bonds is 9. The van der Waals surface area contributed by atoms with E-state index in [-0.39, 0.29) is 34.3 Å². The summed E-state index contributed by atoms with van der Waals surface area (Å²) >= 11 is 13.2. The molecule has 0 atom stereocenters. The third-order valence-electron chi connectivity index (χ3n) is 5.32. The highest BCUT2D eigenvalue weighted by Crippen LogP contribution is 2.40. The minimum atomic E-state index is -0.551. The number of nitro benzene ring substituents is 1. The van der Waals surface area contributed by atoms with E-state index >= 15 is 0 Å². The molecule has 0 bridgehead atoms. The largest absolute Gasteiger partial charge is 0.490 e. The maximum atomic E-state index is 13.0. The fourth-order valence-electron chi connectivity index (χ4n) is 3.59. The second-order valence-corrected chi connectivity index (χ2v) is 9.67. The van der Waals surface area contributed by atoms with E-state index in [0.717, 1.165) is 22.2 Å². The number of amides is 2. The Labute approximate surface area is 226 Å². The molecular weight excluding hydrogens is 539 g/mol. The molecule has 8 nitrogen and oxygen atoms in total. The van der Waals surface area contributed by atoms with Crippen LogP contribution < -0.4 is 9.47 Å². The summed E-state index contributed by atoms with van der Waals surface area (Å²) in [6.45, 7) is 2.20. The van der Waals surface area contributed by atoms with E-state index in [1.807, 2.05) is 19.1 Å². The van der Waals surface area contributed by atoms with Gasteiger partial charge < -0.3 is 9.47 Å². The average Bonchev–Trinajstić information content (AvgIpc) is 3.12. The lowest BCUT2D eigenvalue weighted by Crippen LogP contribution is -2.27. The summed E-state index contributed by atoms with van der Waals surface area (Å²) in [6, 6.07) is 16.5. The summed E-state index contributed by atoms with van der Waals surface area (Å²) in [5.41, 5.74) is 1.52. The van der Waals surface area contributed by atoms with Crippen LogP contribution in [0.2, 0.25) is 10.0 Å². The molecule has 0 N–H and O–H groups in total. The lowest BCUT2D eigenvalue weighted by Gasteiger charge is -2.15. The van der Waals surface area contributed by atoms with Gasteiger partial charge in [-0.1, -0.05) is 53.5 Å². The number of para-hydroxylation sites is 1. The molecule has 0 saturated carbocycles. The number of ether oxygens (including phenoxy) is 2. The topological polar surface area (TPSA) is 99.0 Å². The van der Waals surface area contributed by atoms with Crippen molar-refractivity contribution < 1.29 is 24.0 Å². The van der Waals surface area contributed by atoms with E-state index < -0.39 is 16.1 Å². The van der Waals surface area contributed by atoms with Gasteiger partial charge >= 0.3 is 0 Å². The van der Waals surface area contributed by atoms with Crippen LogP contribution in [0.1, 0.15) is 23.6 Å². The van der Waals surface area contributed by atoms with Gasteiger partial charge in [0.1, 0.15) is 6.61 Å². The Hall–Kier alpha value is -3.53. The first kappa shape index (κ1) is 26.5. The Morgan fingerprint density at radius 1 is 1.05 bits per heavy atom. The van der Waals surface area contributed by atoms with Crippen molar-refractivity contribution >= 4 is 57.9 Å². The molecule has 0 spiro atoms. The maximum absolute atomic E-state index is 13.0. The number of carbonyl (C=O) groups is 2. The lowest BCUT2D eigenvalue weighted by atomic mass is 10.1. The highest BCUT2D eigenvalue weighted by Gasteiger charge is 2.36. The van der Waals surface area contributed by atoms with Gasteiger partial charge in [0.2, 0.25) is 0 Å². The maximum Gasteiger partial charge on any atom is 0.293 e. The molecule has 1 fully saturated rings. The molecule has 190 valence electrons. The normalized spacial score (nSPS) is 14.4. The van der Waals surface area contributed by atoms with Gasteiger partial charge in [-0.15, -0.1) is 0 Å². The van der Waals surface area contributed by atoms with E-state index in [9.17, 15) is 19.7 Å². The van der Waals surface area contributed by atoms with Crippen molar-refractivity contribution in [2.45, 2.75) is 20.1 Å². The van der Waals surface area contributed by atoms with Crippen molar-refractivity contribution in [2.75, 3.05) is 6.61 Å². The molecule has 37 heavy (non-hydrogen) atoms. The molecule has 1 saturated heterocycles. The highest BCUT2D eigenvalue weighted by molar-refractivity contribution is 8.18. The Balaban J connectivity index is 1.56. The van der Waals surface area contributed by atoms with Gasteiger partial charge in [-0.2, -0.15) is 0 Å².